The van der Waals surface area contributed by atoms with E-state index >= 15 is 0 Å². The van der Waals surface area contributed by atoms with Crippen LogP contribution in [-0.4, -0.2) is 19.2 Å². The van der Waals surface area contributed by atoms with Crippen molar-refractivity contribution in [1.29, 1.82) is 0 Å². The summed E-state index contributed by atoms with van der Waals surface area (Å²) in [6, 6.07) is 12.9. The van der Waals surface area contributed by atoms with Gasteiger partial charge in [-0.1, -0.05) is 53.2 Å². The molecular formula is C14H15BrN2O2S. The van der Waals surface area contributed by atoms with Gasteiger partial charge >= 0.3 is 0 Å². The number of aromatic nitrogens is 1. The largest absolute Gasteiger partial charge is 0.267 e. The van der Waals surface area contributed by atoms with Gasteiger partial charge in [0.25, 0.3) is 0 Å². The van der Waals surface area contributed by atoms with Crippen LogP contribution in [-0.2, 0) is 10.0 Å². The van der Waals surface area contributed by atoms with Crippen molar-refractivity contribution in [2.24, 2.45) is 0 Å². The summed E-state index contributed by atoms with van der Waals surface area (Å²) in [5.41, 5.74) is 1.00. The highest BCUT2D eigenvalue weighted by atomic mass is 79.9. The first-order chi connectivity index (χ1) is 9.46. The molecule has 6 heteroatoms. The Morgan fingerprint density at radius 2 is 1.95 bits per heavy atom. The Kier molecular flexibility index (Phi) is 4.77. The molecule has 0 aliphatic rings. The highest BCUT2D eigenvalue weighted by Gasteiger charge is 2.17. The standard InChI is InChI=1S/C14H15BrN2O2S/c1-11(12-5-3-2-4-6-12)10-20(18,19)17-14-9-13(15)7-8-16-14/h2-9,11H,10H2,1H3,(H,16,17). The van der Waals surface area contributed by atoms with Crippen LogP contribution in [0.2, 0.25) is 0 Å². The van der Waals surface area contributed by atoms with E-state index in [0.717, 1.165) is 10.0 Å². The van der Waals surface area contributed by atoms with Crippen LogP contribution in [0.15, 0.2) is 53.1 Å². The van der Waals surface area contributed by atoms with E-state index in [2.05, 4.69) is 25.6 Å². The highest BCUT2D eigenvalue weighted by molar-refractivity contribution is 9.10. The molecule has 0 bridgehead atoms. The van der Waals surface area contributed by atoms with Gasteiger partial charge in [0.1, 0.15) is 5.82 Å². The van der Waals surface area contributed by atoms with Crippen LogP contribution in [0.3, 0.4) is 0 Å². The Hall–Kier alpha value is -1.40. The number of sulfonamides is 1. The fourth-order valence-electron chi connectivity index (χ4n) is 1.87. The van der Waals surface area contributed by atoms with Gasteiger partial charge in [-0.05, 0) is 23.6 Å². The Morgan fingerprint density at radius 1 is 1.25 bits per heavy atom. The van der Waals surface area contributed by atoms with Crippen LogP contribution in [0.1, 0.15) is 18.4 Å². The van der Waals surface area contributed by atoms with Gasteiger partial charge in [-0.2, -0.15) is 0 Å². The number of nitrogens with zero attached hydrogens (tertiary/aromatic N) is 1. The van der Waals surface area contributed by atoms with E-state index in [1.165, 1.54) is 0 Å². The molecule has 20 heavy (non-hydrogen) atoms. The van der Waals surface area contributed by atoms with E-state index in [4.69, 9.17) is 0 Å². The Labute approximate surface area is 127 Å². The van der Waals surface area contributed by atoms with Gasteiger partial charge in [0, 0.05) is 10.7 Å². The summed E-state index contributed by atoms with van der Waals surface area (Å²) >= 11 is 3.28. The van der Waals surface area contributed by atoms with Crippen molar-refractivity contribution < 1.29 is 8.42 Å². The normalized spacial score (nSPS) is 12.9. The van der Waals surface area contributed by atoms with Gasteiger partial charge in [-0.15, -0.1) is 0 Å². The summed E-state index contributed by atoms with van der Waals surface area (Å²) in [6.45, 7) is 1.89. The molecule has 0 aliphatic heterocycles. The SMILES string of the molecule is CC(CS(=O)(=O)Nc1cc(Br)ccn1)c1ccccc1. The fourth-order valence-corrected chi connectivity index (χ4v) is 3.57. The summed E-state index contributed by atoms with van der Waals surface area (Å²) in [6.07, 6.45) is 1.54. The maximum Gasteiger partial charge on any atom is 0.234 e. The average molecular weight is 355 g/mol. The summed E-state index contributed by atoms with van der Waals surface area (Å²) in [7, 11) is -3.43. The molecule has 0 spiro atoms. The van der Waals surface area contributed by atoms with Gasteiger partial charge in [0.05, 0.1) is 5.75 Å². The predicted octanol–water partition coefficient (Wildman–Crippen LogP) is 3.39. The molecule has 1 aromatic carbocycles. The molecule has 0 saturated heterocycles. The Morgan fingerprint density at radius 3 is 2.60 bits per heavy atom. The number of anilines is 1. The number of halogens is 1. The third-order valence-corrected chi connectivity index (χ3v) is 4.77. The zero-order chi connectivity index (χ0) is 14.6. The average Bonchev–Trinajstić information content (AvgIpc) is 2.38. The van der Waals surface area contributed by atoms with Gasteiger partial charge in [-0.3, -0.25) is 4.72 Å². The minimum atomic E-state index is -3.43. The van der Waals surface area contributed by atoms with Crippen molar-refractivity contribution in [3.8, 4) is 0 Å². The van der Waals surface area contributed by atoms with E-state index in [1.807, 2.05) is 37.3 Å². The summed E-state index contributed by atoms with van der Waals surface area (Å²) < 4.78 is 27.5. The van der Waals surface area contributed by atoms with Crippen LogP contribution < -0.4 is 4.72 Å². The second-order valence-corrected chi connectivity index (χ2v) is 7.24. The Bertz CT molecular complexity index is 675. The smallest absolute Gasteiger partial charge is 0.234 e. The third kappa shape index (κ3) is 4.31. The number of hydrogen-bond donors (Lipinski definition) is 1. The lowest BCUT2D eigenvalue weighted by Gasteiger charge is -2.13. The van der Waals surface area contributed by atoms with Crippen molar-refractivity contribution in [3.63, 3.8) is 0 Å². The van der Waals surface area contributed by atoms with E-state index in [0.29, 0.717) is 5.82 Å². The predicted molar refractivity (Wildman–Crippen MR) is 84.2 cm³/mol. The van der Waals surface area contributed by atoms with E-state index in [1.54, 1.807) is 18.3 Å². The topological polar surface area (TPSA) is 59.1 Å². The number of benzene rings is 1. The molecule has 1 N–H and O–H groups in total. The minimum Gasteiger partial charge on any atom is -0.267 e. The summed E-state index contributed by atoms with van der Waals surface area (Å²) in [4.78, 5) is 3.98. The van der Waals surface area contributed by atoms with Gasteiger partial charge < -0.3 is 0 Å². The first-order valence-electron chi connectivity index (χ1n) is 6.13. The number of hydrogen-bond acceptors (Lipinski definition) is 3. The van der Waals surface area contributed by atoms with Crippen molar-refractivity contribution in [3.05, 3.63) is 58.7 Å². The van der Waals surface area contributed by atoms with Crippen molar-refractivity contribution in [1.82, 2.24) is 4.98 Å². The maximum absolute atomic E-state index is 12.1. The van der Waals surface area contributed by atoms with Crippen molar-refractivity contribution in [2.45, 2.75) is 12.8 Å². The molecule has 2 aromatic rings. The monoisotopic (exact) mass is 354 g/mol. The lowest BCUT2D eigenvalue weighted by atomic mass is 10.0. The van der Waals surface area contributed by atoms with Gasteiger partial charge in [0.15, 0.2) is 0 Å². The molecule has 1 atom stereocenters. The molecule has 0 saturated carbocycles. The zero-order valence-corrected chi connectivity index (χ0v) is 13.4. The van der Waals surface area contributed by atoms with E-state index < -0.39 is 10.0 Å². The van der Waals surface area contributed by atoms with E-state index in [-0.39, 0.29) is 11.7 Å². The molecular weight excluding hydrogens is 340 g/mol. The zero-order valence-electron chi connectivity index (χ0n) is 11.0. The number of rotatable bonds is 5. The molecule has 1 aromatic heterocycles. The molecule has 106 valence electrons. The van der Waals surface area contributed by atoms with Gasteiger partial charge in [-0.25, -0.2) is 13.4 Å². The van der Waals surface area contributed by atoms with Crippen molar-refractivity contribution in [2.75, 3.05) is 10.5 Å². The molecule has 0 amide bonds. The first-order valence-corrected chi connectivity index (χ1v) is 8.58. The molecule has 0 radical (unpaired) electrons. The fraction of sp³-hybridized carbons (Fsp3) is 0.214. The third-order valence-electron chi connectivity index (χ3n) is 2.82. The van der Waals surface area contributed by atoms with Crippen LogP contribution in [0.25, 0.3) is 0 Å². The van der Waals surface area contributed by atoms with E-state index in [9.17, 15) is 8.42 Å². The lowest BCUT2D eigenvalue weighted by molar-refractivity contribution is 0.595. The molecule has 4 nitrogen and oxygen atoms in total. The Balaban J connectivity index is 2.08. The van der Waals surface area contributed by atoms with Gasteiger partial charge in [0.2, 0.25) is 10.0 Å². The molecule has 2 rings (SSSR count). The first kappa shape index (κ1) is 15.0. The van der Waals surface area contributed by atoms with Crippen LogP contribution >= 0.6 is 15.9 Å². The summed E-state index contributed by atoms with van der Waals surface area (Å²) in [5.74, 6) is 0.256. The number of nitrogens with one attached hydrogen (secondary N) is 1. The number of pyridine rings is 1. The highest BCUT2D eigenvalue weighted by Crippen LogP contribution is 2.19. The van der Waals surface area contributed by atoms with Crippen LogP contribution in [0, 0.1) is 0 Å². The molecule has 0 aliphatic carbocycles. The van der Waals surface area contributed by atoms with Crippen LogP contribution in [0.4, 0.5) is 5.82 Å². The summed E-state index contributed by atoms with van der Waals surface area (Å²) in [5, 5.41) is 0. The molecule has 0 fully saturated rings. The minimum absolute atomic E-state index is 0.0191. The molecule has 1 heterocycles. The van der Waals surface area contributed by atoms with Crippen molar-refractivity contribution >= 4 is 31.8 Å². The maximum atomic E-state index is 12.1. The van der Waals surface area contributed by atoms with Crippen LogP contribution in [0.5, 0.6) is 0 Å². The lowest BCUT2D eigenvalue weighted by Crippen LogP contribution is -2.21. The quantitative estimate of drug-likeness (QED) is 0.894. The second kappa shape index (κ2) is 6.37. The second-order valence-electron chi connectivity index (χ2n) is 4.55. The molecule has 1 unspecified atom stereocenters.